The van der Waals surface area contributed by atoms with Crippen molar-refractivity contribution in [3.8, 4) is 6.07 Å². The average Bonchev–Trinajstić information content (AvgIpc) is 3.21. The molecule has 2 atom stereocenters. The fourth-order valence-electron chi connectivity index (χ4n) is 3.58. The zero-order valence-electron chi connectivity index (χ0n) is 15.6. The van der Waals surface area contributed by atoms with Gasteiger partial charge in [-0.25, -0.2) is 0 Å². The number of benzene rings is 3. The molecule has 0 spiro atoms. The van der Waals surface area contributed by atoms with Gasteiger partial charge in [0.05, 0.1) is 22.7 Å². The number of nitrogens with zero attached hydrogens (tertiary/aromatic N) is 4. The minimum atomic E-state index is -0.651. The summed E-state index contributed by atoms with van der Waals surface area (Å²) in [5.41, 5.74) is 3.69. The van der Waals surface area contributed by atoms with Crippen LogP contribution < -0.4 is 0 Å². The normalized spacial score (nSPS) is 16.7. The Morgan fingerprint density at radius 2 is 1.62 bits per heavy atom. The van der Waals surface area contributed by atoms with E-state index in [9.17, 15) is 15.4 Å². The summed E-state index contributed by atoms with van der Waals surface area (Å²) in [4.78, 5) is 10.5. The van der Waals surface area contributed by atoms with E-state index in [0.717, 1.165) is 16.8 Å². The van der Waals surface area contributed by atoms with E-state index in [4.69, 9.17) is 5.10 Å². The van der Waals surface area contributed by atoms with Gasteiger partial charge in [-0.1, -0.05) is 60.7 Å². The van der Waals surface area contributed by atoms with Crippen molar-refractivity contribution < 1.29 is 4.92 Å². The number of nitriles is 1. The highest BCUT2D eigenvalue weighted by Crippen LogP contribution is 2.39. The second-order valence-corrected chi connectivity index (χ2v) is 6.80. The van der Waals surface area contributed by atoms with Gasteiger partial charge < -0.3 is 0 Å². The van der Waals surface area contributed by atoms with Crippen LogP contribution in [-0.2, 0) is 0 Å². The molecule has 0 fully saturated rings. The lowest BCUT2D eigenvalue weighted by atomic mass is 9.97. The number of hydrazone groups is 1. The van der Waals surface area contributed by atoms with Crippen LogP contribution >= 0.6 is 0 Å². The third-order valence-electron chi connectivity index (χ3n) is 5.04. The number of hydrogen-bond acceptors (Lipinski definition) is 5. The monoisotopic (exact) mass is 382 g/mol. The number of hydrogen-bond donors (Lipinski definition) is 0. The van der Waals surface area contributed by atoms with Crippen molar-refractivity contribution >= 4 is 11.4 Å². The van der Waals surface area contributed by atoms with Gasteiger partial charge in [-0.05, 0) is 28.8 Å². The van der Waals surface area contributed by atoms with E-state index in [0.29, 0.717) is 12.0 Å². The van der Waals surface area contributed by atoms with Gasteiger partial charge in [0.2, 0.25) is 0 Å². The highest BCUT2D eigenvalue weighted by atomic mass is 16.6. The lowest BCUT2D eigenvalue weighted by molar-refractivity contribution is -0.384. The maximum absolute atomic E-state index is 11.0. The number of non-ortho nitro benzene ring substituents is 1. The van der Waals surface area contributed by atoms with E-state index >= 15 is 0 Å². The number of nitro benzene ring substituents is 1. The van der Waals surface area contributed by atoms with Crippen molar-refractivity contribution in [3.63, 3.8) is 0 Å². The van der Waals surface area contributed by atoms with Crippen LogP contribution in [0.25, 0.3) is 0 Å². The van der Waals surface area contributed by atoms with Crippen molar-refractivity contribution in [2.45, 2.75) is 18.5 Å². The molecule has 3 aromatic rings. The Labute approximate surface area is 168 Å². The zero-order valence-corrected chi connectivity index (χ0v) is 15.6. The van der Waals surface area contributed by atoms with Crippen LogP contribution in [0.2, 0.25) is 0 Å². The molecule has 1 aliphatic rings. The van der Waals surface area contributed by atoms with Crippen LogP contribution in [0, 0.1) is 21.4 Å². The summed E-state index contributed by atoms with van der Waals surface area (Å²) < 4.78 is 0. The van der Waals surface area contributed by atoms with Gasteiger partial charge in [-0.3, -0.25) is 15.1 Å². The molecule has 142 valence electrons. The summed E-state index contributed by atoms with van der Waals surface area (Å²) in [6.45, 7) is 0. The van der Waals surface area contributed by atoms with Crippen molar-refractivity contribution in [2.24, 2.45) is 5.10 Å². The third-order valence-corrected chi connectivity index (χ3v) is 5.04. The minimum Gasteiger partial charge on any atom is -0.267 e. The van der Waals surface area contributed by atoms with Crippen molar-refractivity contribution in [1.29, 1.82) is 5.26 Å². The first-order chi connectivity index (χ1) is 14.2. The Bertz CT molecular complexity index is 1070. The van der Waals surface area contributed by atoms with E-state index in [2.05, 4.69) is 6.07 Å². The van der Waals surface area contributed by atoms with Crippen LogP contribution in [-0.4, -0.2) is 15.6 Å². The van der Waals surface area contributed by atoms with Crippen molar-refractivity contribution in [3.05, 3.63) is 112 Å². The first-order valence-corrected chi connectivity index (χ1v) is 9.27. The molecule has 0 bridgehead atoms. The van der Waals surface area contributed by atoms with E-state index in [1.165, 1.54) is 12.1 Å². The molecule has 2 unspecified atom stereocenters. The molecule has 4 rings (SSSR count). The Morgan fingerprint density at radius 3 is 2.21 bits per heavy atom. The Morgan fingerprint density at radius 1 is 1.00 bits per heavy atom. The lowest BCUT2D eigenvalue weighted by Crippen LogP contribution is -2.24. The van der Waals surface area contributed by atoms with Gasteiger partial charge in [0.1, 0.15) is 0 Å². The van der Waals surface area contributed by atoms with Crippen molar-refractivity contribution in [1.82, 2.24) is 5.01 Å². The van der Waals surface area contributed by atoms with E-state index in [1.54, 1.807) is 12.1 Å². The van der Waals surface area contributed by atoms with Gasteiger partial charge in [-0.15, -0.1) is 0 Å². The van der Waals surface area contributed by atoms with Crippen LogP contribution in [0.1, 0.15) is 35.2 Å². The molecule has 0 radical (unpaired) electrons. The fourth-order valence-corrected chi connectivity index (χ4v) is 3.58. The van der Waals surface area contributed by atoms with E-state index < -0.39 is 11.0 Å². The van der Waals surface area contributed by atoms with E-state index in [-0.39, 0.29) is 11.7 Å². The molecule has 0 N–H and O–H groups in total. The van der Waals surface area contributed by atoms with Crippen LogP contribution in [0.5, 0.6) is 0 Å². The van der Waals surface area contributed by atoms with Gasteiger partial charge in [0, 0.05) is 18.6 Å². The van der Waals surface area contributed by atoms with Crippen LogP contribution in [0.3, 0.4) is 0 Å². The molecule has 0 saturated carbocycles. The Balaban J connectivity index is 1.74. The van der Waals surface area contributed by atoms with Gasteiger partial charge in [0.25, 0.3) is 5.69 Å². The smallest absolute Gasteiger partial charge is 0.267 e. The molecule has 3 aromatic carbocycles. The van der Waals surface area contributed by atoms with Crippen LogP contribution in [0.4, 0.5) is 5.69 Å². The second kappa shape index (κ2) is 7.95. The Hall–Kier alpha value is -3.98. The highest BCUT2D eigenvalue weighted by molar-refractivity contribution is 6.01. The SMILES string of the molecule is N#CC(c1ccc([N+](=O)[O-])cc1)N1N=C(c2ccccc2)CC1c1ccccc1. The van der Waals surface area contributed by atoms with Gasteiger partial charge in [0.15, 0.2) is 6.04 Å². The minimum absolute atomic E-state index is 0.0000491. The molecule has 6 nitrogen and oxygen atoms in total. The first-order valence-electron chi connectivity index (χ1n) is 9.27. The van der Waals surface area contributed by atoms with Crippen LogP contribution in [0.15, 0.2) is 90.0 Å². The molecule has 29 heavy (non-hydrogen) atoms. The average molecular weight is 382 g/mol. The fraction of sp³-hybridized carbons (Fsp3) is 0.130. The predicted molar refractivity (Wildman–Crippen MR) is 110 cm³/mol. The molecule has 0 aromatic heterocycles. The molecule has 1 aliphatic heterocycles. The van der Waals surface area contributed by atoms with Crippen molar-refractivity contribution in [2.75, 3.05) is 0 Å². The number of rotatable bonds is 5. The summed E-state index contributed by atoms with van der Waals surface area (Å²) in [7, 11) is 0. The molecular formula is C23H18N4O2. The highest BCUT2D eigenvalue weighted by Gasteiger charge is 2.34. The molecule has 0 amide bonds. The molecular weight excluding hydrogens is 364 g/mol. The summed E-state index contributed by atoms with van der Waals surface area (Å²) in [6, 6.07) is 27.6. The standard InChI is InChI=1S/C23H18N4O2/c24-16-23(19-11-13-20(14-12-19)27(28)29)26-22(18-9-5-2-6-10-18)15-21(25-26)17-7-3-1-4-8-17/h1-14,22-23H,15H2. The third kappa shape index (κ3) is 3.71. The van der Waals surface area contributed by atoms with Gasteiger partial charge in [-0.2, -0.15) is 10.4 Å². The largest absolute Gasteiger partial charge is 0.269 e. The maximum atomic E-state index is 11.0. The first kappa shape index (κ1) is 18.4. The summed E-state index contributed by atoms with van der Waals surface area (Å²) >= 11 is 0. The summed E-state index contributed by atoms with van der Waals surface area (Å²) in [6.07, 6.45) is 0.680. The van der Waals surface area contributed by atoms with Gasteiger partial charge >= 0.3 is 0 Å². The second-order valence-electron chi connectivity index (χ2n) is 6.80. The molecule has 0 saturated heterocycles. The molecule has 6 heteroatoms. The lowest BCUT2D eigenvalue weighted by Gasteiger charge is -2.28. The molecule has 0 aliphatic carbocycles. The number of nitro groups is 1. The quantitative estimate of drug-likeness (QED) is 0.459. The maximum Gasteiger partial charge on any atom is 0.269 e. The predicted octanol–water partition coefficient (Wildman–Crippen LogP) is 5.01. The molecule has 1 heterocycles. The van der Waals surface area contributed by atoms with E-state index in [1.807, 2.05) is 65.7 Å². The zero-order chi connectivity index (χ0) is 20.2. The topological polar surface area (TPSA) is 82.5 Å². The Kier molecular flexibility index (Phi) is 5.04. The summed E-state index contributed by atoms with van der Waals surface area (Å²) in [5.74, 6) is 0. The summed E-state index contributed by atoms with van der Waals surface area (Å²) in [5, 5.41) is 27.5.